The quantitative estimate of drug-likeness (QED) is 0.342. The van der Waals surface area contributed by atoms with E-state index in [2.05, 4.69) is 26.3 Å². The predicted molar refractivity (Wildman–Crippen MR) is 135 cm³/mol. The zero-order valence-corrected chi connectivity index (χ0v) is 20.4. The Hall–Kier alpha value is -4.32. The van der Waals surface area contributed by atoms with Gasteiger partial charge in [-0.1, -0.05) is 12.1 Å². The van der Waals surface area contributed by atoms with Crippen LogP contribution in [0.4, 0.5) is 29.3 Å². The number of urea groups is 1. The molecule has 0 bridgehead atoms. The van der Waals surface area contributed by atoms with E-state index in [9.17, 15) is 22.8 Å². The van der Waals surface area contributed by atoms with Gasteiger partial charge in [-0.3, -0.25) is 9.78 Å². The van der Waals surface area contributed by atoms with Gasteiger partial charge in [0.05, 0.1) is 11.3 Å². The molecule has 4 N–H and O–H groups in total. The molecule has 0 atom stereocenters. The number of alkyl halides is 3. The highest BCUT2D eigenvalue weighted by Gasteiger charge is 2.36. The SMILES string of the molecule is CNC(=O)c1cc(Oc2cccc(NC(=O)Nc3cccc(C(F)(F)F)c3OC3CCNCC3)c2)ccn1. The summed E-state index contributed by atoms with van der Waals surface area (Å²) < 4.78 is 52.7. The van der Waals surface area contributed by atoms with Crippen LogP contribution >= 0.6 is 0 Å². The molecule has 0 aliphatic carbocycles. The third-order valence-corrected chi connectivity index (χ3v) is 5.66. The van der Waals surface area contributed by atoms with E-state index in [4.69, 9.17) is 9.47 Å². The summed E-state index contributed by atoms with van der Waals surface area (Å²) in [6.07, 6.45) is -2.55. The van der Waals surface area contributed by atoms with E-state index in [1.54, 1.807) is 24.3 Å². The van der Waals surface area contributed by atoms with Crippen LogP contribution < -0.4 is 30.7 Å². The van der Waals surface area contributed by atoms with Crippen molar-refractivity contribution in [1.29, 1.82) is 0 Å². The number of nitrogens with one attached hydrogen (secondary N) is 4. The Labute approximate surface area is 216 Å². The Morgan fingerprint density at radius 1 is 1.00 bits per heavy atom. The van der Waals surface area contributed by atoms with Gasteiger partial charge < -0.3 is 30.7 Å². The summed E-state index contributed by atoms with van der Waals surface area (Å²) in [4.78, 5) is 28.5. The summed E-state index contributed by atoms with van der Waals surface area (Å²) >= 11 is 0. The van der Waals surface area contributed by atoms with E-state index in [1.165, 1.54) is 37.5 Å². The highest BCUT2D eigenvalue weighted by molar-refractivity contribution is 6.01. The van der Waals surface area contributed by atoms with Crippen LogP contribution in [0.25, 0.3) is 0 Å². The molecule has 0 spiro atoms. The lowest BCUT2D eigenvalue weighted by Gasteiger charge is -2.27. The van der Waals surface area contributed by atoms with Crippen LogP contribution in [0.5, 0.6) is 17.2 Å². The Balaban J connectivity index is 1.48. The first-order chi connectivity index (χ1) is 18.2. The number of para-hydroxylation sites is 1. The highest BCUT2D eigenvalue weighted by atomic mass is 19.4. The summed E-state index contributed by atoms with van der Waals surface area (Å²) in [5.41, 5.74) is -0.560. The van der Waals surface area contributed by atoms with Crippen molar-refractivity contribution >= 4 is 23.3 Å². The number of pyridine rings is 1. The molecular weight excluding hydrogens is 503 g/mol. The molecule has 0 unspecified atom stereocenters. The number of anilines is 2. The van der Waals surface area contributed by atoms with Gasteiger partial charge in [-0.05, 0) is 56.3 Å². The predicted octanol–water partition coefficient (Wildman–Crippen LogP) is 5.03. The van der Waals surface area contributed by atoms with Crippen molar-refractivity contribution in [3.63, 3.8) is 0 Å². The summed E-state index contributed by atoms with van der Waals surface area (Å²) in [5.74, 6) is -0.0842. The first-order valence-electron chi connectivity index (χ1n) is 11.8. The number of hydrogen-bond acceptors (Lipinski definition) is 6. The molecule has 200 valence electrons. The number of ether oxygens (including phenoxy) is 2. The van der Waals surface area contributed by atoms with Gasteiger partial charge in [0.1, 0.15) is 23.3 Å². The highest BCUT2D eigenvalue weighted by Crippen LogP contribution is 2.41. The molecule has 1 aliphatic rings. The smallest absolute Gasteiger partial charge is 0.420 e. The number of carbonyl (C=O) groups is 2. The maximum Gasteiger partial charge on any atom is 0.420 e. The first kappa shape index (κ1) is 26.7. The average Bonchev–Trinajstić information content (AvgIpc) is 2.89. The number of benzene rings is 2. The molecule has 0 radical (unpaired) electrons. The first-order valence-corrected chi connectivity index (χ1v) is 11.8. The molecular formula is C26H26F3N5O4. The van der Waals surface area contributed by atoms with Crippen LogP contribution in [0.2, 0.25) is 0 Å². The van der Waals surface area contributed by atoms with Crippen LogP contribution in [-0.4, -0.2) is 43.2 Å². The Kier molecular flexibility index (Phi) is 8.31. The minimum absolute atomic E-state index is 0.0956. The second-order valence-corrected chi connectivity index (χ2v) is 8.41. The maximum atomic E-state index is 13.7. The fraction of sp³-hybridized carbons (Fsp3) is 0.269. The monoisotopic (exact) mass is 529 g/mol. The van der Waals surface area contributed by atoms with Gasteiger partial charge in [0.15, 0.2) is 5.75 Å². The van der Waals surface area contributed by atoms with Crippen LogP contribution in [0, 0.1) is 0 Å². The number of aromatic nitrogens is 1. The standard InChI is InChI=1S/C26H26F3N5O4/c1-30-24(35)22-15-19(10-13-32-22)37-18-5-2-4-16(14-18)33-25(36)34-21-7-3-6-20(26(27,28)29)23(21)38-17-8-11-31-12-9-17/h2-7,10,13-15,17,31H,8-9,11-12H2,1H3,(H,30,35)(H2,33,34,36). The van der Waals surface area contributed by atoms with Crippen LogP contribution in [0.1, 0.15) is 28.9 Å². The van der Waals surface area contributed by atoms with Gasteiger partial charge in [0.25, 0.3) is 5.91 Å². The van der Waals surface area contributed by atoms with Crippen LogP contribution in [0.15, 0.2) is 60.8 Å². The second kappa shape index (κ2) is 11.8. The maximum absolute atomic E-state index is 13.7. The average molecular weight is 530 g/mol. The minimum Gasteiger partial charge on any atom is -0.488 e. The molecule has 38 heavy (non-hydrogen) atoms. The van der Waals surface area contributed by atoms with Crippen molar-refractivity contribution in [2.24, 2.45) is 0 Å². The van der Waals surface area contributed by atoms with Crippen molar-refractivity contribution in [2.45, 2.75) is 25.1 Å². The molecule has 2 heterocycles. The molecule has 1 saturated heterocycles. The van der Waals surface area contributed by atoms with Gasteiger partial charge in [0, 0.05) is 31.1 Å². The largest absolute Gasteiger partial charge is 0.488 e. The Morgan fingerprint density at radius 2 is 1.74 bits per heavy atom. The van der Waals surface area contributed by atoms with E-state index in [-0.39, 0.29) is 17.3 Å². The molecule has 12 heteroatoms. The number of halogens is 3. The van der Waals surface area contributed by atoms with E-state index in [0.717, 1.165) is 6.07 Å². The number of nitrogens with zero attached hydrogens (tertiary/aromatic N) is 1. The van der Waals surface area contributed by atoms with E-state index in [1.807, 2.05) is 0 Å². The number of rotatable bonds is 7. The molecule has 3 aromatic rings. The molecule has 4 rings (SSSR count). The minimum atomic E-state index is -4.66. The van der Waals surface area contributed by atoms with Crippen LogP contribution in [0.3, 0.4) is 0 Å². The van der Waals surface area contributed by atoms with E-state index in [0.29, 0.717) is 43.1 Å². The summed E-state index contributed by atoms with van der Waals surface area (Å²) in [6, 6.07) is 12.1. The summed E-state index contributed by atoms with van der Waals surface area (Å²) in [6.45, 7) is 1.26. The lowest BCUT2D eigenvalue weighted by molar-refractivity contribution is -0.139. The lowest BCUT2D eigenvalue weighted by Crippen LogP contribution is -2.34. The Morgan fingerprint density at radius 3 is 2.47 bits per heavy atom. The normalized spacial score (nSPS) is 13.9. The second-order valence-electron chi connectivity index (χ2n) is 8.41. The number of piperidine rings is 1. The third-order valence-electron chi connectivity index (χ3n) is 5.66. The van der Waals surface area contributed by atoms with Crippen molar-refractivity contribution in [3.8, 4) is 17.2 Å². The topological polar surface area (TPSA) is 114 Å². The van der Waals surface area contributed by atoms with Gasteiger partial charge in [0.2, 0.25) is 0 Å². The molecule has 9 nitrogen and oxygen atoms in total. The van der Waals surface area contributed by atoms with Crippen molar-refractivity contribution in [3.05, 3.63) is 72.1 Å². The number of carbonyl (C=O) groups excluding carboxylic acids is 2. The van der Waals surface area contributed by atoms with Crippen molar-refractivity contribution in [2.75, 3.05) is 30.8 Å². The molecule has 1 fully saturated rings. The fourth-order valence-electron chi connectivity index (χ4n) is 3.85. The van der Waals surface area contributed by atoms with Gasteiger partial charge in [-0.15, -0.1) is 0 Å². The van der Waals surface area contributed by atoms with E-state index >= 15 is 0 Å². The zero-order chi connectivity index (χ0) is 27.1. The molecule has 0 saturated carbocycles. The number of amides is 3. The summed E-state index contributed by atoms with van der Waals surface area (Å²) in [5, 5.41) is 10.7. The van der Waals surface area contributed by atoms with Gasteiger partial charge >= 0.3 is 12.2 Å². The van der Waals surface area contributed by atoms with Crippen LogP contribution in [-0.2, 0) is 6.18 Å². The molecule has 3 amide bonds. The van der Waals surface area contributed by atoms with Crippen molar-refractivity contribution in [1.82, 2.24) is 15.6 Å². The van der Waals surface area contributed by atoms with Gasteiger partial charge in [-0.2, -0.15) is 13.2 Å². The van der Waals surface area contributed by atoms with Crippen molar-refractivity contribution < 1.29 is 32.2 Å². The number of hydrogen-bond donors (Lipinski definition) is 4. The Bertz CT molecular complexity index is 1300. The lowest BCUT2D eigenvalue weighted by atomic mass is 10.1. The molecule has 1 aliphatic heterocycles. The fourth-order valence-corrected chi connectivity index (χ4v) is 3.85. The molecule has 1 aromatic heterocycles. The van der Waals surface area contributed by atoms with E-state index < -0.39 is 29.6 Å². The molecule has 2 aromatic carbocycles. The zero-order valence-electron chi connectivity index (χ0n) is 20.4. The summed E-state index contributed by atoms with van der Waals surface area (Å²) in [7, 11) is 1.49. The van der Waals surface area contributed by atoms with Gasteiger partial charge in [-0.25, -0.2) is 4.79 Å². The third kappa shape index (κ3) is 6.91.